The average Bonchev–Trinajstić information content (AvgIpc) is 3.04. The van der Waals surface area contributed by atoms with Crippen LogP contribution >= 0.6 is 11.6 Å². The van der Waals surface area contributed by atoms with Gasteiger partial charge in [-0.05, 0) is 36.8 Å². The second-order valence-electron chi connectivity index (χ2n) is 7.61. The molecule has 1 aliphatic heterocycles. The topological polar surface area (TPSA) is 67.9 Å². The van der Waals surface area contributed by atoms with Crippen LogP contribution in [0.15, 0.2) is 72.4 Å². The van der Waals surface area contributed by atoms with Crippen molar-refractivity contribution in [2.45, 2.75) is 13.5 Å². The van der Waals surface area contributed by atoms with E-state index in [0.29, 0.717) is 27.8 Å². The number of halogens is 1. The molecule has 6 nitrogen and oxygen atoms in total. The number of ether oxygens (including phenoxy) is 2. The summed E-state index contributed by atoms with van der Waals surface area (Å²) >= 11 is 6.27. The highest BCUT2D eigenvalue weighted by Gasteiger charge is 2.40. The number of nitrogens with one attached hydrogen (secondary N) is 1. The van der Waals surface area contributed by atoms with Crippen molar-refractivity contribution in [1.82, 2.24) is 4.90 Å². The molecule has 2 amide bonds. The van der Waals surface area contributed by atoms with Gasteiger partial charge < -0.3 is 14.8 Å². The predicted octanol–water partition coefficient (Wildman–Crippen LogP) is 5.06. The van der Waals surface area contributed by atoms with Crippen LogP contribution in [0, 0.1) is 6.92 Å². The summed E-state index contributed by atoms with van der Waals surface area (Å²) in [4.78, 5) is 28.2. The number of aryl methyl sites for hydroxylation is 1. The smallest absolute Gasteiger partial charge is 0.278 e. The molecule has 0 unspecified atom stereocenters. The van der Waals surface area contributed by atoms with Crippen molar-refractivity contribution in [2.24, 2.45) is 0 Å². The first kappa shape index (κ1) is 22.4. The maximum Gasteiger partial charge on any atom is 0.278 e. The lowest BCUT2D eigenvalue weighted by molar-refractivity contribution is -0.137. The van der Waals surface area contributed by atoms with Crippen LogP contribution in [0.3, 0.4) is 0 Å². The SMILES string of the molecule is COc1ccc(NC2=C(c3ccccc3OC)C(=O)N(Cc3ccc(C)cc3)C2=O)cc1Cl. The van der Waals surface area contributed by atoms with E-state index in [9.17, 15) is 9.59 Å². The van der Waals surface area contributed by atoms with Crippen molar-refractivity contribution in [3.05, 3.63) is 94.1 Å². The van der Waals surface area contributed by atoms with Gasteiger partial charge in [-0.25, -0.2) is 0 Å². The summed E-state index contributed by atoms with van der Waals surface area (Å²) in [7, 11) is 3.06. The fourth-order valence-corrected chi connectivity index (χ4v) is 3.96. The van der Waals surface area contributed by atoms with E-state index < -0.39 is 11.8 Å². The molecule has 0 spiro atoms. The predicted molar refractivity (Wildman–Crippen MR) is 128 cm³/mol. The fraction of sp³-hybridized carbons (Fsp3) is 0.154. The molecule has 0 bridgehead atoms. The van der Waals surface area contributed by atoms with Gasteiger partial charge in [0.25, 0.3) is 11.8 Å². The van der Waals surface area contributed by atoms with Gasteiger partial charge in [0.05, 0.1) is 31.4 Å². The molecule has 0 fully saturated rings. The Kier molecular flexibility index (Phi) is 6.38. The summed E-state index contributed by atoms with van der Waals surface area (Å²) in [6.07, 6.45) is 0. The van der Waals surface area contributed by atoms with E-state index in [0.717, 1.165) is 11.1 Å². The molecular weight excluding hydrogens is 440 g/mol. The third kappa shape index (κ3) is 4.43. The Bertz CT molecular complexity index is 1250. The van der Waals surface area contributed by atoms with Gasteiger partial charge in [0.15, 0.2) is 0 Å². The van der Waals surface area contributed by atoms with Gasteiger partial charge >= 0.3 is 0 Å². The summed E-state index contributed by atoms with van der Waals surface area (Å²) < 4.78 is 10.7. The average molecular weight is 463 g/mol. The second-order valence-corrected chi connectivity index (χ2v) is 8.01. The number of carbonyl (C=O) groups is 2. The Labute approximate surface area is 197 Å². The lowest BCUT2D eigenvalue weighted by Crippen LogP contribution is -2.32. The third-order valence-electron chi connectivity index (χ3n) is 5.43. The van der Waals surface area contributed by atoms with Crippen molar-refractivity contribution < 1.29 is 19.1 Å². The fourth-order valence-electron chi connectivity index (χ4n) is 3.70. The zero-order valence-electron chi connectivity index (χ0n) is 18.5. The number of carbonyl (C=O) groups excluding carboxylic acids is 2. The normalized spacial score (nSPS) is 13.5. The number of imide groups is 1. The minimum Gasteiger partial charge on any atom is -0.496 e. The number of anilines is 1. The molecule has 7 heteroatoms. The zero-order chi connectivity index (χ0) is 23.5. The van der Waals surface area contributed by atoms with E-state index in [2.05, 4.69) is 5.32 Å². The minimum atomic E-state index is -0.423. The van der Waals surface area contributed by atoms with Crippen LogP contribution in [0.5, 0.6) is 11.5 Å². The molecule has 0 aliphatic carbocycles. The van der Waals surface area contributed by atoms with Gasteiger partial charge in [0.1, 0.15) is 17.2 Å². The first-order chi connectivity index (χ1) is 15.9. The molecular formula is C26H23ClN2O4. The van der Waals surface area contributed by atoms with Crippen molar-refractivity contribution in [2.75, 3.05) is 19.5 Å². The highest BCUT2D eigenvalue weighted by molar-refractivity contribution is 6.37. The van der Waals surface area contributed by atoms with Crippen LogP contribution in [-0.4, -0.2) is 30.9 Å². The lowest BCUT2D eigenvalue weighted by atomic mass is 10.0. The van der Waals surface area contributed by atoms with Gasteiger partial charge in [0, 0.05) is 11.3 Å². The van der Waals surface area contributed by atoms with Crippen LogP contribution in [0.1, 0.15) is 16.7 Å². The van der Waals surface area contributed by atoms with Crippen LogP contribution < -0.4 is 14.8 Å². The van der Waals surface area contributed by atoms with Gasteiger partial charge in [-0.3, -0.25) is 14.5 Å². The molecule has 168 valence electrons. The maximum absolute atomic E-state index is 13.5. The van der Waals surface area contributed by atoms with Crippen LogP contribution in [0.2, 0.25) is 5.02 Å². The standard InChI is InChI=1S/C26H23ClN2O4/c1-16-8-10-17(11-9-16)15-29-25(30)23(19-6-4-5-7-21(19)32-2)24(26(29)31)28-18-12-13-22(33-3)20(27)14-18/h4-14,28H,15H2,1-3H3. The van der Waals surface area contributed by atoms with Crippen LogP contribution in [0.4, 0.5) is 5.69 Å². The lowest BCUT2D eigenvalue weighted by Gasteiger charge is -2.16. The van der Waals surface area contributed by atoms with E-state index in [1.807, 2.05) is 37.3 Å². The van der Waals surface area contributed by atoms with E-state index in [1.54, 1.807) is 36.4 Å². The van der Waals surface area contributed by atoms with Gasteiger partial charge in [-0.1, -0.05) is 59.6 Å². The number of hydrogen-bond donors (Lipinski definition) is 1. The first-order valence-electron chi connectivity index (χ1n) is 10.3. The molecule has 3 aromatic rings. The molecule has 1 heterocycles. The van der Waals surface area contributed by atoms with Crippen molar-refractivity contribution in [3.8, 4) is 11.5 Å². The minimum absolute atomic E-state index is 0.158. The van der Waals surface area contributed by atoms with Gasteiger partial charge in [0.2, 0.25) is 0 Å². The Balaban J connectivity index is 1.77. The first-order valence-corrected chi connectivity index (χ1v) is 10.7. The molecule has 4 rings (SSSR count). The van der Waals surface area contributed by atoms with Crippen LogP contribution in [0.25, 0.3) is 5.57 Å². The van der Waals surface area contributed by atoms with Gasteiger partial charge in [-0.2, -0.15) is 0 Å². The quantitative estimate of drug-likeness (QED) is 0.497. The zero-order valence-corrected chi connectivity index (χ0v) is 19.3. The monoisotopic (exact) mass is 462 g/mol. The molecule has 33 heavy (non-hydrogen) atoms. The number of benzene rings is 3. The summed E-state index contributed by atoms with van der Waals surface area (Å²) in [6.45, 7) is 2.14. The molecule has 0 aromatic heterocycles. The van der Waals surface area contributed by atoms with Gasteiger partial charge in [-0.15, -0.1) is 0 Å². The molecule has 0 saturated carbocycles. The van der Waals surface area contributed by atoms with E-state index in [-0.39, 0.29) is 17.8 Å². The largest absolute Gasteiger partial charge is 0.496 e. The molecule has 1 aliphatic rings. The molecule has 3 aromatic carbocycles. The highest BCUT2D eigenvalue weighted by Crippen LogP contribution is 2.37. The van der Waals surface area contributed by atoms with E-state index >= 15 is 0 Å². The van der Waals surface area contributed by atoms with Crippen molar-refractivity contribution >= 4 is 34.7 Å². The third-order valence-corrected chi connectivity index (χ3v) is 5.72. The molecule has 0 atom stereocenters. The number of hydrogen-bond acceptors (Lipinski definition) is 5. The molecule has 0 saturated heterocycles. The number of nitrogens with zero attached hydrogens (tertiary/aromatic N) is 1. The summed E-state index contributed by atoms with van der Waals surface area (Å²) in [5, 5.41) is 3.49. The molecule has 1 N–H and O–H groups in total. The molecule has 0 radical (unpaired) electrons. The number of amides is 2. The Hall–Kier alpha value is -3.77. The van der Waals surface area contributed by atoms with Crippen LogP contribution in [-0.2, 0) is 16.1 Å². The van der Waals surface area contributed by atoms with E-state index in [4.69, 9.17) is 21.1 Å². The van der Waals surface area contributed by atoms with Crippen molar-refractivity contribution in [3.63, 3.8) is 0 Å². The summed E-state index contributed by atoms with van der Waals surface area (Å²) in [5.74, 6) is 0.189. The number of para-hydroxylation sites is 1. The summed E-state index contributed by atoms with van der Waals surface area (Å²) in [5.41, 5.74) is 3.46. The van der Waals surface area contributed by atoms with E-state index in [1.165, 1.54) is 19.1 Å². The number of rotatable bonds is 7. The Morgan fingerprint density at radius 3 is 2.24 bits per heavy atom. The second kappa shape index (κ2) is 9.38. The Morgan fingerprint density at radius 1 is 0.879 bits per heavy atom. The Morgan fingerprint density at radius 2 is 1.58 bits per heavy atom. The number of methoxy groups -OCH3 is 2. The van der Waals surface area contributed by atoms with Crippen molar-refractivity contribution in [1.29, 1.82) is 0 Å². The maximum atomic E-state index is 13.5. The highest BCUT2D eigenvalue weighted by atomic mass is 35.5. The summed E-state index contributed by atoms with van der Waals surface area (Å²) in [6, 6.07) is 19.9.